The summed E-state index contributed by atoms with van der Waals surface area (Å²) < 4.78 is 6.80. The fourth-order valence-electron chi connectivity index (χ4n) is 2.31. The third-order valence-electron chi connectivity index (χ3n) is 3.40. The second-order valence-electron chi connectivity index (χ2n) is 6.05. The number of ether oxygens (including phenoxy) is 1. The molecule has 0 radical (unpaired) electrons. The second kappa shape index (κ2) is 10.6. The minimum atomic E-state index is -0.519. The molecule has 10 heteroatoms. The van der Waals surface area contributed by atoms with Gasteiger partial charge in [-0.25, -0.2) is 14.8 Å². The van der Waals surface area contributed by atoms with Gasteiger partial charge in [0.25, 0.3) is 0 Å². The lowest BCUT2D eigenvalue weighted by molar-refractivity contribution is -0.109. The van der Waals surface area contributed by atoms with E-state index in [-0.39, 0.29) is 6.10 Å². The van der Waals surface area contributed by atoms with E-state index in [2.05, 4.69) is 26.1 Å². The summed E-state index contributed by atoms with van der Waals surface area (Å²) in [5, 5.41) is 4.89. The Bertz CT molecular complexity index is 957. The highest BCUT2D eigenvalue weighted by Gasteiger charge is 2.09. The van der Waals surface area contributed by atoms with Gasteiger partial charge in [0.2, 0.25) is 12.2 Å². The molecule has 0 aliphatic heterocycles. The zero-order valence-corrected chi connectivity index (χ0v) is 16.7. The molecule has 3 rings (SSSR count). The predicted molar refractivity (Wildman–Crippen MR) is 109 cm³/mol. The predicted octanol–water partition coefficient (Wildman–Crippen LogP) is 2.69. The summed E-state index contributed by atoms with van der Waals surface area (Å²) in [4.78, 5) is 34.4. The number of benzene rings is 1. The monoisotopic (exact) mass is 400 g/mol. The van der Waals surface area contributed by atoms with E-state index in [4.69, 9.17) is 14.4 Å². The van der Waals surface area contributed by atoms with Crippen LogP contribution in [0.3, 0.4) is 0 Å². The molecule has 0 fully saturated rings. The van der Waals surface area contributed by atoms with Gasteiger partial charge in [-0.3, -0.25) is 24.8 Å². The number of nitrogens with one attached hydrogen (secondary N) is 3. The van der Waals surface area contributed by atoms with Crippen molar-refractivity contribution in [3.63, 3.8) is 0 Å². The molecule has 3 N–H and O–H groups in total. The van der Waals surface area contributed by atoms with E-state index in [0.717, 1.165) is 16.9 Å². The number of nitrogens with zero attached hydrogens (tertiary/aromatic N) is 3. The van der Waals surface area contributed by atoms with Crippen molar-refractivity contribution in [2.24, 2.45) is 0 Å². The number of carbonyl (C=O) groups is 2. The average Bonchev–Trinajstić information content (AvgIpc) is 3.11. The second-order valence-corrected chi connectivity index (χ2v) is 6.05. The Hall–Kier alpha value is -3.66. The van der Waals surface area contributed by atoms with Gasteiger partial charge in [-0.1, -0.05) is 12.1 Å². The zero-order chi connectivity index (χ0) is 21.2. The van der Waals surface area contributed by atoms with Crippen LogP contribution in [-0.4, -0.2) is 47.1 Å². The van der Waals surface area contributed by atoms with Gasteiger partial charge in [0.1, 0.15) is 0 Å². The van der Waals surface area contributed by atoms with Gasteiger partial charge in [0.15, 0.2) is 0 Å². The van der Waals surface area contributed by atoms with Crippen molar-refractivity contribution < 1.29 is 19.2 Å². The highest BCUT2D eigenvalue weighted by Crippen LogP contribution is 2.22. The first-order valence-electron chi connectivity index (χ1n) is 8.79. The third-order valence-corrected chi connectivity index (χ3v) is 3.40. The van der Waals surface area contributed by atoms with E-state index in [1.807, 2.05) is 30.5 Å². The first kappa shape index (κ1) is 21.6. The minimum Gasteiger partial charge on any atom is -0.447 e. The van der Waals surface area contributed by atoms with Crippen molar-refractivity contribution in [1.82, 2.24) is 19.7 Å². The molecule has 10 nitrogen and oxygen atoms in total. The quantitative estimate of drug-likeness (QED) is 0.430. The van der Waals surface area contributed by atoms with Crippen LogP contribution in [0.2, 0.25) is 0 Å². The van der Waals surface area contributed by atoms with Gasteiger partial charge < -0.3 is 10.1 Å². The van der Waals surface area contributed by atoms with Gasteiger partial charge in [-0.2, -0.15) is 0 Å². The van der Waals surface area contributed by atoms with Crippen molar-refractivity contribution in [1.29, 1.82) is 0 Å². The Morgan fingerprint density at radius 1 is 1.24 bits per heavy atom. The maximum Gasteiger partial charge on any atom is 0.411 e. The normalized spacial score (nSPS) is 10.1. The molecular weight excluding hydrogens is 376 g/mol. The Morgan fingerprint density at radius 3 is 2.66 bits per heavy atom. The van der Waals surface area contributed by atoms with Gasteiger partial charge in [-0.15, -0.1) is 0 Å². The summed E-state index contributed by atoms with van der Waals surface area (Å²) in [6.45, 7) is 3.57. The van der Waals surface area contributed by atoms with E-state index < -0.39 is 6.09 Å². The average molecular weight is 400 g/mol. The number of fused-ring (bicyclic) bond motifs is 1. The number of amides is 2. The SMILES string of the molecule is CNC=O.CONc1cccc(-c2cn3cc(NC(=O)OC(C)C)cnc3n2)c1. The summed E-state index contributed by atoms with van der Waals surface area (Å²) in [5.41, 5.74) is 5.81. The maximum absolute atomic E-state index is 11.7. The highest BCUT2D eigenvalue weighted by molar-refractivity contribution is 5.84. The molecule has 0 saturated heterocycles. The number of aromatic nitrogens is 3. The lowest BCUT2D eigenvalue weighted by atomic mass is 10.1. The molecule has 3 aromatic rings. The lowest BCUT2D eigenvalue weighted by Gasteiger charge is -2.09. The fourth-order valence-corrected chi connectivity index (χ4v) is 2.31. The Labute approximate surface area is 168 Å². The first-order chi connectivity index (χ1) is 14.0. The van der Waals surface area contributed by atoms with E-state index in [0.29, 0.717) is 17.9 Å². The zero-order valence-electron chi connectivity index (χ0n) is 16.7. The molecule has 0 aliphatic carbocycles. The molecule has 1 aromatic carbocycles. The largest absolute Gasteiger partial charge is 0.447 e. The van der Waals surface area contributed by atoms with Crippen LogP contribution in [0.4, 0.5) is 16.2 Å². The summed E-state index contributed by atoms with van der Waals surface area (Å²) in [6.07, 6.45) is 5.03. The standard InChI is InChI=1S/C17H19N5O3.C2H5NO/c1-11(2)25-17(23)19-14-8-18-16-20-15(10-22(16)9-14)12-5-4-6-13(7-12)21-24-3;1-3-2-4/h4-11,21H,1-3H3,(H,19,23);2H,1H3,(H,3,4). The highest BCUT2D eigenvalue weighted by atomic mass is 16.6. The number of hydrogen-bond donors (Lipinski definition) is 3. The Balaban J connectivity index is 0.000000687. The number of rotatable bonds is 6. The van der Waals surface area contributed by atoms with Gasteiger partial charge in [0.05, 0.1) is 36.5 Å². The molecule has 0 aliphatic rings. The first-order valence-corrected chi connectivity index (χ1v) is 8.79. The summed E-state index contributed by atoms with van der Waals surface area (Å²) in [5.74, 6) is 0.530. The molecule has 2 aromatic heterocycles. The van der Waals surface area contributed by atoms with Crippen molar-refractivity contribution in [3.8, 4) is 11.3 Å². The van der Waals surface area contributed by atoms with E-state index in [1.165, 1.54) is 6.20 Å². The molecular formula is C19H24N6O4. The van der Waals surface area contributed by atoms with Crippen LogP contribution < -0.4 is 16.1 Å². The summed E-state index contributed by atoms with van der Waals surface area (Å²) in [7, 11) is 3.12. The van der Waals surface area contributed by atoms with Crippen LogP contribution in [-0.2, 0) is 14.4 Å². The van der Waals surface area contributed by atoms with E-state index in [1.54, 1.807) is 38.6 Å². The van der Waals surface area contributed by atoms with Crippen LogP contribution >= 0.6 is 0 Å². The van der Waals surface area contributed by atoms with Crippen molar-refractivity contribution >= 4 is 29.7 Å². The number of hydrogen-bond acceptors (Lipinski definition) is 7. The topological polar surface area (TPSA) is 119 Å². The Kier molecular flexibility index (Phi) is 7.92. The van der Waals surface area contributed by atoms with Crippen LogP contribution in [0.15, 0.2) is 42.9 Å². The van der Waals surface area contributed by atoms with Crippen molar-refractivity contribution in [2.45, 2.75) is 20.0 Å². The van der Waals surface area contributed by atoms with Gasteiger partial charge >= 0.3 is 6.09 Å². The molecule has 2 amide bonds. The van der Waals surface area contributed by atoms with Crippen LogP contribution in [0.5, 0.6) is 0 Å². The number of imidazole rings is 1. The van der Waals surface area contributed by atoms with Crippen LogP contribution in [0.25, 0.3) is 17.0 Å². The summed E-state index contributed by atoms with van der Waals surface area (Å²) >= 11 is 0. The minimum absolute atomic E-state index is 0.190. The number of carbonyl (C=O) groups excluding carboxylic acids is 2. The Morgan fingerprint density at radius 2 is 2.00 bits per heavy atom. The smallest absolute Gasteiger partial charge is 0.411 e. The molecule has 154 valence electrons. The molecule has 29 heavy (non-hydrogen) atoms. The number of anilines is 2. The summed E-state index contributed by atoms with van der Waals surface area (Å²) in [6, 6.07) is 7.67. The maximum atomic E-state index is 11.7. The van der Waals surface area contributed by atoms with E-state index >= 15 is 0 Å². The van der Waals surface area contributed by atoms with Crippen molar-refractivity contribution in [2.75, 3.05) is 25.0 Å². The van der Waals surface area contributed by atoms with Gasteiger partial charge in [-0.05, 0) is 26.0 Å². The molecule has 0 atom stereocenters. The van der Waals surface area contributed by atoms with Gasteiger partial charge in [0, 0.05) is 25.0 Å². The van der Waals surface area contributed by atoms with Crippen LogP contribution in [0, 0.1) is 0 Å². The third kappa shape index (κ3) is 6.47. The molecule has 2 heterocycles. The molecule has 0 unspecified atom stereocenters. The molecule has 0 saturated carbocycles. The molecule has 0 spiro atoms. The van der Waals surface area contributed by atoms with Crippen LogP contribution in [0.1, 0.15) is 13.8 Å². The fraction of sp³-hybridized carbons (Fsp3) is 0.263. The van der Waals surface area contributed by atoms with E-state index in [9.17, 15) is 4.79 Å². The molecule has 0 bridgehead atoms. The lowest BCUT2D eigenvalue weighted by Crippen LogP contribution is -2.18. The van der Waals surface area contributed by atoms with Crippen molar-refractivity contribution in [3.05, 3.63) is 42.9 Å².